The van der Waals surface area contributed by atoms with Gasteiger partial charge in [-0.3, -0.25) is 0 Å². The lowest BCUT2D eigenvalue weighted by atomic mass is 10.0. The number of benzene rings is 1. The first-order valence-electron chi connectivity index (χ1n) is 6.75. The normalized spacial score (nSPS) is 12.6. The first-order valence-corrected chi connectivity index (χ1v) is 7.95. The lowest BCUT2D eigenvalue weighted by Gasteiger charge is -2.14. The first-order chi connectivity index (χ1) is 9.19. The van der Waals surface area contributed by atoms with Crippen LogP contribution in [0.2, 0.25) is 4.34 Å². The standard InChI is InChI=1S/C16H20ClNS/c1-3-4-13-5-7-14(8-6-13)12(2)18-11-15-9-10-16(17)19-15/h5-10,12,18H,3-4,11H2,1-2H3. The molecule has 0 aliphatic carbocycles. The number of halogens is 1. The third kappa shape index (κ3) is 4.34. The predicted molar refractivity (Wildman–Crippen MR) is 85.0 cm³/mol. The second-order valence-corrected chi connectivity index (χ2v) is 6.60. The van der Waals surface area contributed by atoms with Gasteiger partial charge < -0.3 is 5.32 Å². The van der Waals surface area contributed by atoms with Gasteiger partial charge in [-0.15, -0.1) is 11.3 Å². The molecule has 1 unspecified atom stereocenters. The minimum atomic E-state index is 0.358. The summed E-state index contributed by atoms with van der Waals surface area (Å²) in [7, 11) is 0. The fourth-order valence-corrected chi connectivity index (χ4v) is 3.12. The van der Waals surface area contributed by atoms with Gasteiger partial charge in [0.1, 0.15) is 0 Å². The fraction of sp³-hybridized carbons (Fsp3) is 0.375. The van der Waals surface area contributed by atoms with E-state index in [1.165, 1.54) is 22.4 Å². The average Bonchev–Trinajstić information content (AvgIpc) is 2.83. The molecule has 0 radical (unpaired) electrons. The van der Waals surface area contributed by atoms with Crippen LogP contribution in [0.5, 0.6) is 0 Å². The molecule has 0 aliphatic heterocycles. The van der Waals surface area contributed by atoms with Crippen molar-refractivity contribution in [2.45, 2.75) is 39.3 Å². The summed E-state index contributed by atoms with van der Waals surface area (Å²) in [5, 5.41) is 3.53. The third-order valence-electron chi connectivity index (χ3n) is 3.23. The molecular weight excluding hydrogens is 274 g/mol. The van der Waals surface area contributed by atoms with Crippen molar-refractivity contribution in [3.63, 3.8) is 0 Å². The van der Waals surface area contributed by atoms with Crippen molar-refractivity contribution in [2.24, 2.45) is 0 Å². The topological polar surface area (TPSA) is 12.0 Å². The molecule has 102 valence electrons. The number of thiophene rings is 1. The molecule has 0 amide bonds. The largest absolute Gasteiger partial charge is 0.305 e. The Hall–Kier alpha value is -0.830. The maximum absolute atomic E-state index is 5.93. The molecule has 1 nitrogen and oxygen atoms in total. The molecule has 3 heteroatoms. The van der Waals surface area contributed by atoms with E-state index in [1.54, 1.807) is 11.3 Å². The lowest BCUT2D eigenvalue weighted by Crippen LogP contribution is -2.17. The van der Waals surface area contributed by atoms with Crippen molar-refractivity contribution in [3.8, 4) is 0 Å². The number of aryl methyl sites for hydroxylation is 1. The van der Waals surface area contributed by atoms with E-state index in [4.69, 9.17) is 11.6 Å². The van der Waals surface area contributed by atoms with Gasteiger partial charge in [0.05, 0.1) is 4.34 Å². The van der Waals surface area contributed by atoms with E-state index in [0.717, 1.165) is 17.3 Å². The Bertz CT molecular complexity index is 504. The van der Waals surface area contributed by atoms with Crippen molar-refractivity contribution in [1.29, 1.82) is 0 Å². The summed E-state index contributed by atoms with van der Waals surface area (Å²) in [6, 6.07) is 13.3. The number of rotatable bonds is 6. The third-order valence-corrected chi connectivity index (χ3v) is 4.46. The highest BCUT2D eigenvalue weighted by Crippen LogP contribution is 2.22. The molecule has 2 rings (SSSR count). The Morgan fingerprint density at radius 1 is 1.16 bits per heavy atom. The van der Waals surface area contributed by atoms with Gasteiger partial charge >= 0.3 is 0 Å². The van der Waals surface area contributed by atoms with Gasteiger partial charge in [0, 0.05) is 17.5 Å². The monoisotopic (exact) mass is 293 g/mol. The summed E-state index contributed by atoms with van der Waals surface area (Å²) in [6.45, 7) is 5.28. The Balaban J connectivity index is 1.90. The molecule has 1 aromatic heterocycles. The fourth-order valence-electron chi connectivity index (χ4n) is 2.08. The second kappa shape index (κ2) is 7.09. The predicted octanol–water partition coefficient (Wildman–Crippen LogP) is 5.20. The molecule has 1 atom stereocenters. The number of hydrogen-bond acceptors (Lipinski definition) is 2. The van der Waals surface area contributed by atoms with E-state index in [0.29, 0.717) is 6.04 Å². The molecule has 1 aromatic carbocycles. The summed E-state index contributed by atoms with van der Waals surface area (Å²) in [5.74, 6) is 0. The zero-order valence-electron chi connectivity index (χ0n) is 11.4. The van der Waals surface area contributed by atoms with Crippen LogP contribution in [0.15, 0.2) is 36.4 Å². The molecule has 1 N–H and O–H groups in total. The Morgan fingerprint density at radius 3 is 2.47 bits per heavy atom. The van der Waals surface area contributed by atoms with Crippen molar-refractivity contribution in [1.82, 2.24) is 5.32 Å². The summed E-state index contributed by atoms with van der Waals surface area (Å²) >= 11 is 7.57. The Kier molecular flexibility index (Phi) is 5.44. The molecular formula is C16H20ClNS. The van der Waals surface area contributed by atoms with Gasteiger partial charge in [-0.1, -0.05) is 49.2 Å². The zero-order valence-corrected chi connectivity index (χ0v) is 13.0. The van der Waals surface area contributed by atoms with Crippen LogP contribution in [-0.4, -0.2) is 0 Å². The first kappa shape index (κ1) is 14.6. The van der Waals surface area contributed by atoms with E-state index in [1.807, 2.05) is 6.07 Å². The average molecular weight is 294 g/mol. The van der Waals surface area contributed by atoms with Crippen molar-refractivity contribution in [3.05, 3.63) is 56.7 Å². The molecule has 19 heavy (non-hydrogen) atoms. The minimum absolute atomic E-state index is 0.358. The van der Waals surface area contributed by atoms with E-state index in [-0.39, 0.29) is 0 Å². The molecule has 2 aromatic rings. The number of nitrogens with one attached hydrogen (secondary N) is 1. The lowest BCUT2D eigenvalue weighted by molar-refractivity contribution is 0.578. The molecule has 1 heterocycles. The number of hydrogen-bond donors (Lipinski definition) is 1. The summed E-state index contributed by atoms with van der Waals surface area (Å²) < 4.78 is 0.855. The maximum Gasteiger partial charge on any atom is 0.0931 e. The smallest absolute Gasteiger partial charge is 0.0931 e. The van der Waals surface area contributed by atoms with Gasteiger partial charge in [0.15, 0.2) is 0 Å². The molecule has 0 spiro atoms. The van der Waals surface area contributed by atoms with Crippen LogP contribution >= 0.6 is 22.9 Å². The van der Waals surface area contributed by atoms with Crippen LogP contribution in [0.3, 0.4) is 0 Å². The van der Waals surface area contributed by atoms with Gasteiger partial charge in [0.2, 0.25) is 0 Å². The van der Waals surface area contributed by atoms with Gasteiger partial charge in [-0.2, -0.15) is 0 Å². The SMILES string of the molecule is CCCc1ccc(C(C)NCc2ccc(Cl)s2)cc1. The van der Waals surface area contributed by atoms with Crippen LogP contribution < -0.4 is 5.32 Å². The Morgan fingerprint density at radius 2 is 1.89 bits per heavy atom. The molecule has 0 bridgehead atoms. The van der Waals surface area contributed by atoms with Gasteiger partial charge in [-0.05, 0) is 36.6 Å². The van der Waals surface area contributed by atoms with E-state index in [2.05, 4.69) is 49.5 Å². The summed E-state index contributed by atoms with van der Waals surface area (Å²) in [6.07, 6.45) is 2.36. The maximum atomic E-state index is 5.93. The molecule has 0 saturated carbocycles. The van der Waals surface area contributed by atoms with Crippen molar-refractivity contribution >= 4 is 22.9 Å². The summed E-state index contributed by atoms with van der Waals surface area (Å²) in [4.78, 5) is 1.28. The van der Waals surface area contributed by atoms with Gasteiger partial charge in [0.25, 0.3) is 0 Å². The van der Waals surface area contributed by atoms with Crippen molar-refractivity contribution < 1.29 is 0 Å². The van der Waals surface area contributed by atoms with E-state index < -0.39 is 0 Å². The molecule has 0 fully saturated rings. The Labute approximate surface area is 124 Å². The summed E-state index contributed by atoms with van der Waals surface area (Å²) in [5.41, 5.74) is 2.76. The van der Waals surface area contributed by atoms with Crippen LogP contribution in [0.4, 0.5) is 0 Å². The highest BCUT2D eigenvalue weighted by Gasteiger charge is 2.06. The second-order valence-electron chi connectivity index (χ2n) is 4.80. The zero-order chi connectivity index (χ0) is 13.7. The quantitative estimate of drug-likeness (QED) is 0.771. The van der Waals surface area contributed by atoms with Crippen LogP contribution in [0.25, 0.3) is 0 Å². The highest BCUT2D eigenvalue weighted by atomic mass is 35.5. The molecule has 0 saturated heterocycles. The van der Waals surface area contributed by atoms with E-state index in [9.17, 15) is 0 Å². The highest BCUT2D eigenvalue weighted by molar-refractivity contribution is 7.16. The van der Waals surface area contributed by atoms with E-state index >= 15 is 0 Å². The minimum Gasteiger partial charge on any atom is -0.305 e. The van der Waals surface area contributed by atoms with Crippen LogP contribution in [-0.2, 0) is 13.0 Å². The van der Waals surface area contributed by atoms with Crippen molar-refractivity contribution in [2.75, 3.05) is 0 Å². The van der Waals surface area contributed by atoms with Crippen LogP contribution in [0.1, 0.15) is 42.3 Å². The van der Waals surface area contributed by atoms with Gasteiger partial charge in [-0.25, -0.2) is 0 Å². The van der Waals surface area contributed by atoms with Crippen LogP contribution in [0, 0.1) is 0 Å². The molecule has 0 aliphatic rings.